The SMILES string of the molecule is C#CCOCCOCCOCCOC1COC(c2ccccc2)O[C@H]1[C@@H]1OC(c2ccccc2)OCC1OCCOCCOCCOCC#C. The molecule has 0 aromatic heterocycles. The first-order chi connectivity index (χ1) is 24.8. The van der Waals surface area contributed by atoms with Crippen molar-refractivity contribution in [2.45, 2.75) is 37.0 Å². The third-order valence-electron chi connectivity index (χ3n) is 7.56. The Bertz CT molecular complexity index is 1120. The number of ether oxygens (including phenoxy) is 12. The van der Waals surface area contributed by atoms with Crippen LogP contribution in [0, 0.1) is 24.7 Å². The summed E-state index contributed by atoms with van der Waals surface area (Å²) in [7, 11) is 0. The Morgan fingerprint density at radius 1 is 0.480 bits per heavy atom. The van der Waals surface area contributed by atoms with Gasteiger partial charge in [0.05, 0.1) is 92.5 Å². The lowest BCUT2D eigenvalue weighted by molar-refractivity contribution is -0.340. The Kier molecular flexibility index (Phi) is 20.0. The zero-order chi connectivity index (χ0) is 34.9. The van der Waals surface area contributed by atoms with Gasteiger partial charge >= 0.3 is 0 Å². The highest BCUT2D eigenvalue weighted by atomic mass is 16.7. The average molecular weight is 699 g/mol. The molecular formula is C38H50O12. The second-order valence-electron chi connectivity index (χ2n) is 11.1. The van der Waals surface area contributed by atoms with Gasteiger partial charge in [-0.1, -0.05) is 72.5 Å². The van der Waals surface area contributed by atoms with Crippen molar-refractivity contribution in [3.05, 3.63) is 71.8 Å². The van der Waals surface area contributed by atoms with Crippen molar-refractivity contribution in [1.82, 2.24) is 0 Å². The first kappa shape index (κ1) is 39.9. The molecule has 2 aliphatic heterocycles. The minimum Gasteiger partial charge on any atom is -0.377 e. The van der Waals surface area contributed by atoms with Gasteiger partial charge in [0.2, 0.25) is 0 Å². The summed E-state index contributed by atoms with van der Waals surface area (Å²) in [5.41, 5.74) is 1.79. The third kappa shape index (κ3) is 14.7. The van der Waals surface area contributed by atoms with Crippen LogP contribution in [0.1, 0.15) is 23.7 Å². The molecule has 2 saturated heterocycles. The Morgan fingerprint density at radius 3 is 1.18 bits per heavy atom. The molecule has 6 atom stereocenters. The zero-order valence-electron chi connectivity index (χ0n) is 28.6. The van der Waals surface area contributed by atoms with Crippen molar-refractivity contribution < 1.29 is 56.8 Å². The normalized spacial score (nSPS) is 23.6. The fourth-order valence-corrected chi connectivity index (χ4v) is 5.19. The number of rotatable bonds is 25. The molecule has 2 fully saturated rings. The summed E-state index contributed by atoms with van der Waals surface area (Å²) in [5, 5.41) is 0. The summed E-state index contributed by atoms with van der Waals surface area (Å²) in [5.74, 6) is 4.84. The molecule has 0 N–H and O–H groups in total. The van der Waals surface area contributed by atoms with Crippen LogP contribution in [-0.4, -0.2) is 130 Å². The molecule has 2 heterocycles. The van der Waals surface area contributed by atoms with Gasteiger partial charge in [-0.25, -0.2) is 0 Å². The fraction of sp³-hybridized carbons (Fsp3) is 0.579. The first-order valence-electron chi connectivity index (χ1n) is 17.0. The Labute approximate surface area is 295 Å². The fourth-order valence-electron chi connectivity index (χ4n) is 5.19. The third-order valence-corrected chi connectivity index (χ3v) is 7.56. The second-order valence-corrected chi connectivity index (χ2v) is 11.1. The molecule has 0 radical (unpaired) electrons. The van der Waals surface area contributed by atoms with E-state index in [4.69, 9.17) is 69.7 Å². The van der Waals surface area contributed by atoms with E-state index < -0.39 is 37.0 Å². The van der Waals surface area contributed by atoms with E-state index >= 15 is 0 Å². The minimum atomic E-state index is -0.610. The van der Waals surface area contributed by atoms with Gasteiger partial charge in [-0.2, -0.15) is 0 Å². The van der Waals surface area contributed by atoms with E-state index in [1.54, 1.807) is 0 Å². The van der Waals surface area contributed by atoms with Crippen molar-refractivity contribution in [2.24, 2.45) is 0 Å². The maximum Gasteiger partial charge on any atom is 0.184 e. The van der Waals surface area contributed by atoms with Gasteiger partial charge in [-0.15, -0.1) is 12.8 Å². The van der Waals surface area contributed by atoms with E-state index in [-0.39, 0.29) is 26.4 Å². The molecule has 0 amide bonds. The van der Waals surface area contributed by atoms with Crippen LogP contribution in [0.25, 0.3) is 0 Å². The van der Waals surface area contributed by atoms with E-state index in [0.717, 1.165) is 11.1 Å². The molecule has 2 aromatic carbocycles. The second kappa shape index (κ2) is 25.1. The minimum absolute atomic E-state index is 0.272. The van der Waals surface area contributed by atoms with Gasteiger partial charge < -0.3 is 56.8 Å². The van der Waals surface area contributed by atoms with Crippen molar-refractivity contribution in [3.63, 3.8) is 0 Å². The molecule has 0 spiro atoms. The molecule has 12 heteroatoms. The highest BCUT2D eigenvalue weighted by molar-refractivity contribution is 5.18. The predicted octanol–water partition coefficient (Wildman–Crippen LogP) is 3.35. The van der Waals surface area contributed by atoms with E-state index in [2.05, 4.69) is 11.8 Å². The molecule has 50 heavy (non-hydrogen) atoms. The van der Waals surface area contributed by atoms with Crippen LogP contribution >= 0.6 is 0 Å². The topological polar surface area (TPSA) is 111 Å². The van der Waals surface area contributed by atoms with Crippen LogP contribution in [0.5, 0.6) is 0 Å². The molecular weight excluding hydrogens is 648 g/mol. The van der Waals surface area contributed by atoms with Gasteiger partial charge in [-0.05, 0) is 0 Å². The summed E-state index contributed by atoms with van der Waals surface area (Å²) in [6.45, 7) is 5.96. The van der Waals surface area contributed by atoms with E-state index in [0.29, 0.717) is 79.3 Å². The van der Waals surface area contributed by atoms with Crippen LogP contribution in [0.2, 0.25) is 0 Å². The maximum absolute atomic E-state index is 6.63. The van der Waals surface area contributed by atoms with Crippen LogP contribution in [0.4, 0.5) is 0 Å². The smallest absolute Gasteiger partial charge is 0.184 e. The predicted molar refractivity (Wildman–Crippen MR) is 182 cm³/mol. The number of terminal acetylenes is 2. The summed E-state index contributed by atoms with van der Waals surface area (Å²) in [6.07, 6.45) is 7.09. The summed E-state index contributed by atoms with van der Waals surface area (Å²) < 4.78 is 71.1. The van der Waals surface area contributed by atoms with Crippen LogP contribution in [0.3, 0.4) is 0 Å². The molecule has 0 saturated carbocycles. The van der Waals surface area contributed by atoms with Crippen LogP contribution in [0.15, 0.2) is 60.7 Å². The van der Waals surface area contributed by atoms with Crippen molar-refractivity contribution >= 4 is 0 Å². The van der Waals surface area contributed by atoms with Gasteiger partial charge in [0.25, 0.3) is 0 Å². The summed E-state index contributed by atoms with van der Waals surface area (Å²) in [4.78, 5) is 0. The first-order valence-corrected chi connectivity index (χ1v) is 17.0. The van der Waals surface area contributed by atoms with Crippen LogP contribution < -0.4 is 0 Å². The molecule has 12 nitrogen and oxygen atoms in total. The number of hydrogen-bond acceptors (Lipinski definition) is 12. The lowest BCUT2D eigenvalue weighted by atomic mass is 10.00. The Balaban J connectivity index is 1.32. The van der Waals surface area contributed by atoms with Crippen molar-refractivity contribution in [1.29, 1.82) is 0 Å². The molecule has 274 valence electrons. The lowest BCUT2D eigenvalue weighted by Crippen LogP contribution is -2.57. The van der Waals surface area contributed by atoms with Crippen molar-refractivity contribution in [3.8, 4) is 24.7 Å². The van der Waals surface area contributed by atoms with Gasteiger partial charge in [0.15, 0.2) is 12.6 Å². The summed E-state index contributed by atoms with van der Waals surface area (Å²) in [6, 6.07) is 19.6. The number of hydrogen-bond donors (Lipinski definition) is 0. The van der Waals surface area contributed by atoms with Gasteiger partial charge in [0.1, 0.15) is 37.6 Å². The largest absolute Gasteiger partial charge is 0.377 e. The van der Waals surface area contributed by atoms with Gasteiger partial charge in [-0.3, -0.25) is 0 Å². The average Bonchev–Trinajstić information content (AvgIpc) is 3.17. The summed E-state index contributed by atoms with van der Waals surface area (Å²) >= 11 is 0. The Morgan fingerprint density at radius 2 is 0.820 bits per heavy atom. The monoisotopic (exact) mass is 698 g/mol. The maximum atomic E-state index is 6.63. The van der Waals surface area contributed by atoms with Gasteiger partial charge in [0, 0.05) is 11.1 Å². The molecule has 0 aliphatic carbocycles. The quantitative estimate of drug-likeness (QED) is 0.112. The van der Waals surface area contributed by atoms with E-state index in [1.807, 2.05) is 60.7 Å². The standard InChI is InChI=1S/C38H50O12/c1-3-15-39-17-19-41-21-23-43-25-27-45-33-29-47-37(31-11-7-5-8-12-31)49-35(33)36-34(30-48-38(50-36)32-13-9-6-10-14-32)46-28-26-44-24-22-42-20-18-40-16-4-2/h1-2,5-14,33-38H,15-30H2/t33?,34?,35-,36-,37?,38?/m1/s1. The highest BCUT2D eigenvalue weighted by Crippen LogP contribution is 2.36. The van der Waals surface area contributed by atoms with Crippen molar-refractivity contribution in [2.75, 3.05) is 106 Å². The van der Waals surface area contributed by atoms with E-state index in [1.165, 1.54) is 0 Å². The Hall–Kier alpha value is -2.92. The molecule has 0 bridgehead atoms. The van der Waals surface area contributed by atoms with E-state index in [9.17, 15) is 0 Å². The highest BCUT2D eigenvalue weighted by Gasteiger charge is 2.46. The zero-order valence-corrected chi connectivity index (χ0v) is 28.6. The molecule has 4 unspecified atom stereocenters. The number of benzene rings is 2. The molecule has 2 aliphatic rings. The lowest BCUT2D eigenvalue weighted by Gasteiger charge is -2.45. The van der Waals surface area contributed by atoms with Crippen LogP contribution in [-0.2, 0) is 56.8 Å². The molecule has 4 rings (SSSR count). The molecule has 2 aromatic rings.